The van der Waals surface area contributed by atoms with Gasteiger partial charge < -0.3 is 4.74 Å². The number of benzene rings is 1. The van der Waals surface area contributed by atoms with Gasteiger partial charge >= 0.3 is 0 Å². The third-order valence-electron chi connectivity index (χ3n) is 2.73. The minimum Gasteiger partial charge on any atom is -0.489 e. The third-order valence-corrected chi connectivity index (χ3v) is 4.47. The van der Waals surface area contributed by atoms with Crippen LogP contribution in [0, 0.1) is 0 Å². The Bertz CT molecular complexity index is 533. The standard InChI is InChI=1S/C12H14O4S/c1-9(13)10-3-2-4-11(7-10)16-12-5-6-17(14,15)8-12/h2-4,7,12H,5-6,8H2,1H3. The summed E-state index contributed by atoms with van der Waals surface area (Å²) in [6.07, 6.45) is 0.231. The summed E-state index contributed by atoms with van der Waals surface area (Å²) in [7, 11) is -2.93. The average molecular weight is 254 g/mol. The molecule has 1 atom stereocenters. The second-order valence-electron chi connectivity index (χ2n) is 4.23. The van der Waals surface area contributed by atoms with Gasteiger partial charge in [0.1, 0.15) is 11.9 Å². The topological polar surface area (TPSA) is 60.4 Å². The highest BCUT2D eigenvalue weighted by Crippen LogP contribution is 2.20. The van der Waals surface area contributed by atoms with Crippen LogP contribution in [0.2, 0.25) is 0 Å². The molecule has 5 heteroatoms. The third kappa shape index (κ3) is 3.06. The first kappa shape index (κ1) is 12.1. The van der Waals surface area contributed by atoms with Crippen LogP contribution in [0.3, 0.4) is 0 Å². The molecule has 0 amide bonds. The Balaban J connectivity index is 2.09. The summed E-state index contributed by atoms with van der Waals surface area (Å²) >= 11 is 0. The highest BCUT2D eigenvalue weighted by molar-refractivity contribution is 7.91. The molecule has 0 spiro atoms. The van der Waals surface area contributed by atoms with Crippen molar-refractivity contribution in [1.29, 1.82) is 0 Å². The van der Waals surface area contributed by atoms with Gasteiger partial charge in [-0.1, -0.05) is 12.1 Å². The lowest BCUT2D eigenvalue weighted by molar-refractivity contribution is 0.101. The van der Waals surface area contributed by atoms with Crippen molar-refractivity contribution in [1.82, 2.24) is 0 Å². The number of carbonyl (C=O) groups is 1. The normalized spacial score (nSPS) is 22.3. The number of hydrogen-bond acceptors (Lipinski definition) is 4. The first-order valence-electron chi connectivity index (χ1n) is 5.44. The molecule has 0 N–H and O–H groups in total. The van der Waals surface area contributed by atoms with E-state index in [-0.39, 0.29) is 23.4 Å². The van der Waals surface area contributed by atoms with Crippen molar-refractivity contribution >= 4 is 15.6 Å². The molecule has 1 aliphatic rings. The summed E-state index contributed by atoms with van der Waals surface area (Å²) < 4.78 is 28.1. The maximum absolute atomic E-state index is 11.3. The highest BCUT2D eigenvalue weighted by Gasteiger charge is 2.29. The molecule has 1 aliphatic heterocycles. The molecule has 1 saturated heterocycles. The van der Waals surface area contributed by atoms with Gasteiger partial charge in [-0.05, 0) is 25.5 Å². The van der Waals surface area contributed by atoms with Crippen LogP contribution in [0.5, 0.6) is 5.75 Å². The minimum absolute atomic E-state index is 0.0329. The molecule has 1 fully saturated rings. The monoisotopic (exact) mass is 254 g/mol. The maximum Gasteiger partial charge on any atom is 0.159 e. The number of rotatable bonds is 3. The first-order valence-corrected chi connectivity index (χ1v) is 7.26. The number of hydrogen-bond donors (Lipinski definition) is 0. The Morgan fingerprint density at radius 2 is 2.18 bits per heavy atom. The number of carbonyl (C=O) groups excluding carboxylic acids is 1. The molecule has 0 bridgehead atoms. The lowest BCUT2D eigenvalue weighted by Crippen LogP contribution is -2.17. The number of Topliss-reactive ketones (excluding diaryl/α,β-unsaturated/α-hetero) is 1. The molecule has 0 radical (unpaired) electrons. The van der Waals surface area contributed by atoms with E-state index in [4.69, 9.17) is 4.74 Å². The molecule has 17 heavy (non-hydrogen) atoms. The predicted octanol–water partition coefficient (Wildman–Crippen LogP) is 1.46. The highest BCUT2D eigenvalue weighted by atomic mass is 32.2. The fourth-order valence-electron chi connectivity index (χ4n) is 1.83. The molecule has 1 aromatic carbocycles. The predicted molar refractivity (Wildman–Crippen MR) is 64.1 cm³/mol. The molecular weight excluding hydrogens is 240 g/mol. The van der Waals surface area contributed by atoms with E-state index in [9.17, 15) is 13.2 Å². The van der Waals surface area contributed by atoms with E-state index in [0.717, 1.165) is 0 Å². The smallest absolute Gasteiger partial charge is 0.159 e. The van der Waals surface area contributed by atoms with Crippen molar-refractivity contribution in [2.75, 3.05) is 11.5 Å². The number of ether oxygens (including phenoxy) is 1. The average Bonchev–Trinajstić information content (AvgIpc) is 2.58. The SMILES string of the molecule is CC(=O)c1cccc(OC2CCS(=O)(=O)C2)c1. The van der Waals surface area contributed by atoms with E-state index in [1.807, 2.05) is 0 Å². The zero-order valence-electron chi connectivity index (χ0n) is 9.55. The fraction of sp³-hybridized carbons (Fsp3) is 0.417. The number of sulfone groups is 1. The van der Waals surface area contributed by atoms with Gasteiger partial charge in [-0.15, -0.1) is 0 Å². The zero-order chi connectivity index (χ0) is 12.5. The summed E-state index contributed by atoms with van der Waals surface area (Å²) in [5, 5.41) is 0. The fourth-order valence-corrected chi connectivity index (χ4v) is 3.42. The lowest BCUT2D eigenvalue weighted by atomic mass is 10.1. The molecule has 4 nitrogen and oxygen atoms in total. The molecule has 2 rings (SSSR count). The molecule has 0 aromatic heterocycles. The van der Waals surface area contributed by atoms with E-state index in [2.05, 4.69) is 0 Å². The molecule has 0 aliphatic carbocycles. The Morgan fingerprint density at radius 1 is 1.41 bits per heavy atom. The van der Waals surface area contributed by atoms with E-state index in [0.29, 0.717) is 17.7 Å². The molecule has 1 heterocycles. The molecule has 92 valence electrons. The van der Waals surface area contributed by atoms with Crippen LogP contribution < -0.4 is 4.74 Å². The van der Waals surface area contributed by atoms with E-state index in [1.54, 1.807) is 24.3 Å². The minimum atomic E-state index is -2.93. The van der Waals surface area contributed by atoms with Crippen molar-refractivity contribution in [2.24, 2.45) is 0 Å². The van der Waals surface area contributed by atoms with Crippen molar-refractivity contribution < 1.29 is 17.9 Å². The van der Waals surface area contributed by atoms with Crippen LogP contribution in [0.4, 0.5) is 0 Å². The van der Waals surface area contributed by atoms with Gasteiger partial charge in [0.15, 0.2) is 15.6 Å². The van der Waals surface area contributed by atoms with E-state index < -0.39 is 9.84 Å². The first-order chi connectivity index (χ1) is 7.96. The largest absolute Gasteiger partial charge is 0.489 e. The Kier molecular flexibility index (Phi) is 3.19. The molecular formula is C12H14O4S. The van der Waals surface area contributed by atoms with Gasteiger partial charge in [-0.2, -0.15) is 0 Å². The summed E-state index contributed by atoms with van der Waals surface area (Å²) in [5.74, 6) is 0.774. The molecule has 1 aromatic rings. The van der Waals surface area contributed by atoms with Gasteiger partial charge in [0.05, 0.1) is 11.5 Å². The van der Waals surface area contributed by atoms with Crippen molar-refractivity contribution in [3.63, 3.8) is 0 Å². The van der Waals surface area contributed by atoms with Gasteiger partial charge in [-0.3, -0.25) is 4.79 Å². The van der Waals surface area contributed by atoms with Crippen LogP contribution in [0.15, 0.2) is 24.3 Å². The Morgan fingerprint density at radius 3 is 2.76 bits per heavy atom. The lowest BCUT2D eigenvalue weighted by Gasteiger charge is -2.12. The summed E-state index contributed by atoms with van der Waals surface area (Å²) in [6.45, 7) is 1.49. The number of ketones is 1. The van der Waals surface area contributed by atoms with Gasteiger partial charge in [0.25, 0.3) is 0 Å². The Hall–Kier alpha value is -1.36. The quantitative estimate of drug-likeness (QED) is 0.766. The van der Waals surface area contributed by atoms with Crippen LogP contribution in [0.25, 0.3) is 0 Å². The molecule has 1 unspecified atom stereocenters. The van der Waals surface area contributed by atoms with Crippen molar-refractivity contribution in [2.45, 2.75) is 19.4 Å². The van der Waals surface area contributed by atoms with Crippen LogP contribution >= 0.6 is 0 Å². The second kappa shape index (κ2) is 4.49. The van der Waals surface area contributed by atoms with Crippen LogP contribution in [-0.4, -0.2) is 31.8 Å². The summed E-state index contributed by atoms with van der Waals surface area (Å²) in [4.78, 5) is 11.2. The van der Waals surface area contributed by atoms with Gasteiger partial charge in [0.2, 0.25) is 0 Å². The Labute approximate surface area is 101 Å². The van der Waals surface area contributed by atoms with Crippen molar-refractivity contribution in [3.8, 4) is 5.75 Å². The van der Waals surface area contributed by atoms with Gasteiger partial charge in [0, 0.05) is 5.56 Å². The molecule has 0 saturated carbocycles. The second-order valence-corrected chi connectivity index (χ2v) is 6.46. The van der Waals surface area contributed by atoms with E-state index in [1.165, 1.54) is 6.92 Å². The zero-order valence-corrected chi connectivity index (χ0v) is 10.4. The van der Waals surface area contributed by atoms with Gasteiger partial charge in [-0.25, -0.2) is 8.42 Å². The van der Waals surface area contributed by atoms with Crippen LogP contribution in [-0.2, 0) is 9.84 Å². The van der Waals surface area contributed by atoms with Crippen molar-refractivity contribution in [3.05, 3.63) is 29.8 Å². The summed E-state index contributed by atoms with van der Waals surface area (Å²) in [5.41, 5.74) is 0.573. The van der Waals surface area contributed by atoms with E-state index >= 15 is 0 Å². The maximum atomic E-state index is 11.3. The van der Waals surface area contributed by atoms with Crippen LogP contribution in [0.1, 0.15) is 23.7 Å². The summed E-state index contributed by atoms with van der Waals surface area (Å²) in [6, 6.07) is 6.82.